The van der Waals surface area contributed by atoms with Crippen molar-refractivity contribution in [3.05, 3.63) is 29.3 Å². The number of benzene rings is 1. The van der Waals surface area contributed by atoms with Crippen LogP contribution in [-0.4, -0.2) is 11.9 Å². The smallest absolute Gasteiger partial charge is 0.253 e. The van der Waals surface area contributed by atoms with Crippen LogP contribution in [0.3, 0.4) is 0 Å². The Bertz CT molecular complexity index is 410. The van der Waals surface area contributed by atoms with E-state index in [0.29, 0.717) is 17.2 Å². The minimum absolute atomic E-state index is 0.0550. The highest BCUT2D eigenvalue weighted by Crippen LogP contribution is 2.32. The Labute approximate surface area is 96.0 Å². The lowest BCUT2D eigenvalue weighted by Crippen LogP contribution is -2.34. The van der Waals surface area contributed by atoms with Gasteiger partial charge >= 0.3 is 0 Å². The number of aryl methyl sites for hydroxylation is 1. The Balaban J connectivity index is 2.10. The summed E-state index contributed by atoms with van der Waals surface area (Å²) in [5.74, 6) is 0.607. The second-order valence-corrected chi connectivity index (χ2v) is 4.64. The molecule has 0 aromatic heterocycles. The molecule has 3 nitrogen and oxygen atoms in total. The van der Waals surface area contributed by atoms with Gasteiger partial charge < -0.3 is 11.1 Å². The van der Waals surface area contributed by atoms with E-state index in [1.165, 1.54) is 12.8 Å². The van der Waals surface area contributed by atoms with Crippen LogP contribution >= 0.6 is 0 Å². The molecule has 1 aromatic carbocycles. The quantitative estimate of drug-likeness (QED) is 0.763. The standard InChI is InChI=1S/C13H18N2O/c1-8-4-3-5-11(12(8)14)13(16)15-9(2)10-6-7-10/h3-5,9-10H,6-7,14H2,1-2H3,(H,15,16). The highest BCUT2D eigenvalue weighted by Gasteiger charge is 2.29. The summed E-state index contributed by atoms with van der Waals surface area (Å²) in [4.78, 5) is 12.0. The molecular formula is C13H18N2O. The molecule has 0 radical (unpaired) electrons. The van der Waals surface area contributed by atoms with Crippen LogP contribution in [-0.2, 0) is 0 Å². The molecule has 1 fully saturated rings. The molecule has 1 aromatic rings. The van der Waals surface area contributed by atoms with Crippen molar-refractivity contribution >= 4 is 11.6 Å². The molecular weight excluding hydrogens is 200 g/mol. The molecule has 0 spiro atoms. The van der Waals surface area contributed by atoms with Gasteiger partial charge in [-0.3, -0.25) is 4.79 Å². The predicted octanol–water partition coefficient (Wildman–Crippen LogP) is 2.11. The van der Waals surface area contributed by atoms with Gasteiger partial charge in [0, 0.05) is 11.7 Å². The number of rotatable bonds is 3. The average Bonchev–Trinajstić information content (AvgIpc) is 3.05. The van der Waals surface area contributed by atoms with Crippen molar-refractivity contribution in [2.75, 3.05) is 5.73 Å². The van der Waals surface area contributed by atoms with E-state index in [4.69, 9.17) is 5.73 Å². The Kier molecular flexibility index (Phi) is 2.86. The topological polar surface area (TPSA) is 55.1 Å². The zero-order valence-electron chi connectivity index (χ0n) is 9.79. The SMILES string of the molecule is Cc1cccc(C(=O)NC(C)C2CC2)c1N. The normalized spacial score (nSPS) is 16.9. The number of amides is 1. The molecule has 3 N–H and O–H groups in total. The molecule has 86 valence electrons. The van der Waals surface area contributed by atoms with Crippen molar-refractivity contribution in [1.29, 1.82) is 0 Å². The Morgan fingerprint density at radius 2 is 2.19 bits per heavy atom. The third-order valence-corrected chi connectivity index (χ3v) is 3.26. The zero-order valence-corrected chi connectivity index (χ0v) is 9.79. The van der Waals surface area contributed by atoms with E-state index in [0.717, 1.165) is 5.56 Å². The van der Waals surface area contributed by atoms with E-state index in [1.807, 2.05) is 19.1 Å². The van der Waals surface area contributed by atoms with Crippen molar-refractivity contribution in [3.8, 4) is 0 Å². The van der Waals surface area contributed by atoms with Crippen molar-refractivity contribution in [2.45, 2.75) is 32.7 Å². The first-order chi connectivity index (χ1) is 7.59. The zero-order chi connectivity index (χ0) is 11.7. The molecule has 1 unspecified atom stereocenters. The van der Waals surface area contributed by atoms with Crippen LogP contribution in [0.5, 0.6) is 0 Å². The number of nitrogen functional groups attached to an aromatic ring is 1. The largest absolute Gasteiger partial charge is 0.398 e. The van der Waals surface area contributed by atoms with Crippen LogP contribution in [0.1, 0.15) is 35.7 Å². The molecule has 1 aliphatic carbocycles. The fourth-order valence-corrected chi connectivity index (χ4v) is 1.88. The first-order valence-electron chi connectivity index (χ1n) is 5.75. The van der Waals surface area contributed by atoms with Gasteiger partial charge in [-0.25, -0.2) is 0 Å². The number of anilines is 1. The first-order valence-corrected chi connectivity index (χ1v) is 5.75. The lowest BCUT2D eigenvalue weighted by Gasteiger charge is -2.14. The fraction of sp³-hybridized carbons (Fsp3) is 0.462. The summed E-state index contributed by atoms with van der Waals surface area (Å²) in [6, 6.07) is 5.81. The summed E-state index contributed by atoms with van der Waals surface area (Å²) in [5.41, 5.74) is 8.02. The van der Waals surface area contributed by atoms with Crippen molar-refractivity contribution in [2.24, 2.45) is 5.92 Å². The van der Waals surface area contributed by atoms with Crippen LogP contribution in [0.15, 0.2) is 18.2 Å². The van der Waals surface area contributed by atoms with Crippen molar-refractivity contribution in [3.63, 3.8) is 0 Å². The third-order valence-electron chi connectivity index (χ3n) is 3.26. The van der Waals surface area contributed by atoms with E-state index in [9.17, 15) is 4.79 Å². The maximum atomic E-state index is 12.0. The summed E-state index contributed by atoms with van der Waals surface area (Å²) < 4.78 is 0. The van der Waals surface area contributed by atoms with Crippen LogP contribution in [0.25, 0.3) is 0 Å². The summed E-state index contributed by atoms with van der Waals surface area (Å²) in [5, 5.41) is 3.01. The Hall–Kier alpha value is -1.51. The van der Waals surface area contributed by atoms with Crippen LogP contribution in [0.4, 0.5) is 5.69 Å². The van der Waals surface area contributed by atoms with Gasteiger partial charge in [0.25, 0.3) is 5.91 Å². The number of hydrogen-bond acceptors (Lipinski definition) is 2. The van der Waals surface area contributed by atoms with E-state index in [1.54, 1.807) is 6.07 Å². The number of para-hydroxylation sites is 1. The summed E-state index contributed by atoms with van der Waals surface area (Å²) in [6.45, 7) is 3.97. The Morgan fingerprint density at radius 3 is 2.81 bits per heavy atom. The van der Waals surface area contributed by atoms with Crippen molar-refractivity contribution in [1.82, 2.24) is 5.32 Å². The minimum atomic E-state index is -0.0550. The predicted molar refractivity (Wildman–Crippen MR) is 65.2 cm³/mol. The molecule has 1 atom stereocenters. The van der Waals surface area contributed by atoms with Gasteiger partial charge in [0.2, 0.25) is 0 Å². The molecule has 1 aliphatic rings. The molecule has 0 bridgehead atoms. The highest BCUT2D eigenvalue weighted by molar-refractivity contribution is 5.99. The third kappa shape index (κ3) is 2.18. The molecule has 16 heavy (non-hydrogen) atoms. The molecule has 2 rings (SSSR count). The first kappa shape index (κ1) is 11.0. The maximum Gasteiger partial charge on any atom is 0.253 e. The van der Waals surface area contributed by atoms with Crippen LogP contribution < -0.4 is 11.1 Å². The summed E-state index contributed by atoms with van der Waals surface area (Å²) >= 11 is 0. The number of nitrogens with one attached hydrogen (secondary N) is 1. The maximum absolute atomic E-state index is 12.0. The van der Waals surface area contributed by atoms with Crippen LogP contribution in [0.2, 0.25) is 0 Å². The van der Waals surface area contributed by atoms with Gasteiger partial charge in [-0.2, -0.15) is 0 Å². The number of hydrogen-bond donors (Lipinski definition) is 2. The van der Waals surface area contributed by atoms with E-state index in [-0.39, 0.29) is 11.9 Å². The lowest BCUT2D eigenvalue weighted by molar-refractivity contribution is 0.0936. The van der Waals surface area contributed by atoms with Crippen molar-refractivity contribution < 1.29 is 4.79 Å². The van der Waals surface area contributed by atoms with Gasteiger partial charge in [-0.15, -0.1) is 0 Å². The van der Waals surface area contributed by atoms with Gasteiger partial charge in [-0.1, -0.05) is 12.1 Å². The molecule has 0 aliphatic heterocycles. The summed E-state index contributed by atoms with van der Waals surface area (Å²) in [7, 11) is 0. The molecule has 0 saturated heterocycles. The fourth-order valence-electron chi connectivity index (χ4n) is 1.88. The summed E-state index contributed by atoms with van der Waals surface area (Å²) in [6.07, 6.45) is 2.45. The van der Waals surface area contributed by atoms with Gasteiger partial charge in [0.05, 0.1) is 5.56 Å². The Morgan fingerprint density at radius 1 is 1.50 bits per heavy atom. The number of nitrogens with two attached hydrogens (primary N) is 1. The monoisotopic (exact) mass is 218 g/mol. The number of carbonyl (C=O) groups excluding carboxylic acids is 1. The van der Waals surface area contributed by atoms with Gasteiger partial charge in [-0.05, 0) is 44.2 Å². The van der Waals surface area contributed by atoms with E-state index in [2.05, 4.69) is 12.2 Å². The van der Waals surface area contributed by atoms with E-state index >= 15 is 0 Å². The highest BCUT2D eigenvalue weighted by atomic mass is 16.1. The minimum Gasteiger partial charge on any atom is -0.398 e. The molecule has 3 heteroatoms. The number of carbonyl (C=O) groups is 1. The molecule has 1 amide bonds. The van der Waals surface area contributed by atoms with Gasteiger partial charge in [0.1, 0.15) is 0 Å². The van der Waals surface area contributed by atoms with E-state index < -0.39 is 0 Å². The second-order valence-electron chi connectivity index (χ2n) is 4.64. The van der Waals surface area contributed by atoms with Crippen LogP contribution in [0, 0.1) is 12.8 Å². The lowest BCUT2D eigenvalue weighted by atomic mass is 10.1. The second kappa shape index (κ2) is 4.16. The molecule has 0 heterocycles. The average molecular weight is 218 g/mol. The van der Waals surface area contributed by atoms with Gasteiger partial charge in [0.15, 0.2) is 0 Å². The molecule has 1 saturated carbocycles.